The third kappa shape index (κ3) is 47.5. The molecule has 0 aliphatic rings. The van der Waals surface area contributed by atoms with Crippen LogP contribution in [0.4, 0.5) is 0 Å². The van der Waals surface area contributed by atoms with Crippen molar-refractivity contribution < 1.29 is 42.1 Å². The third-order valence-corrected chi connectivity index (χ3v) is 11.9. The summed E-state index contributed by atoms with van der Waals surface area (Å²) >= 11 is 0. The van der Waals surface area contributed by atoms with Crippen molar-refractivity contribution in [3.63, 3.8) is 0 Å². The van der Waals surface area contributed by atoms with Crippen LogP contribution in [0.5, 0.6) is 0 Å². The van der Waals surface area contributed by atoms with E-state index in [1.807, 2.05) is 21.1 Å². The Morgan fingerprint density at radius 1 is 0.508 bits per heavy atom. The van der Waals surface area contributed by atoms with Gasteiger partial charge in [0.15, 0.2) is 6.10 Å². The van der Waals surface area contributed by atoms with Crippen LogP contribution in [0.2, 0.25) is 0 Å². The van der Waals surface area contributed by atoms with Gasteiger partial charge in [0, 0.05) is 12.8 Å². The van der Waals surface area contributed by atoms with Crippen molar-refractivity contribution in [2.24, 2.45) is 0 Å². The molecule has 61 heavy (non-hydrogen) atoms. The molecule has 0 heterocycles. The van der Waals surface area contributed by atoms with Crippen LogP contribution in [0, 0.1) is 0 Å². The topological polar surface area (TPSA) is 108 Å². The summed E-state index contributed by atoms with van der Waals surface area (Å²) in [6.45, 7) is 4.41. The molecule has 0 fully saturated rings. The van der Waals surface area contributed by atoms with Crippen molar-refractivity contribution in [3.05, 3.63) is 36.5 Å². The van der Waals surface area contributed by atoms with Crippen LogP contribution in [0.15, 0.2) is 36.5 Å². The van der Waals surface area contributed by atoms with Crippen molar-refractivity contribution in [3.8, 4) is 0 Å². The van der Waals surface area contributed by atoms with Crippen molar-refractivity contribution in [2.75, 3.05) is 47.5 Å². The third-order valence-electron chi connectivity index (χ3n) is 10.9. The lowest BCUT2D eigenvalue weighted by Crippen LogP contribution is -2.37. The predicted octanol–water partition coefficient (Wildman–Crippen LogP) is 14.9. The molecule has 0 aliphatic heterocycles. The van der Waals surface area contributed by atoms with Crippen LogP contribution in [0.25, 0.3) is 0 Å². The summed E-state index contributed by atoms with van der Waals surface area (Å²) in [4.78, 5) is 35.5. The molecule has 2 atom stereocenters. The second-order valence-corrected chi connectivity index (χ2v) is 19.6. The molecule has 0 saturated heterocycles. The molecule has 0 aliphatic carbocycles. The molecule has 358 valence electrons. The zero-order valence-corrected chi connectivity index (χ0v) is 41.3. The van der Waals surface area contributed by atoms with Gasteiger partial charge in [-0.25, -0.2) is 4.57 Å². The Labute approximate surface area is 376 Å². The van der Waals surface area contributed by atoms with E-state index in [1.165, 1.54) is 141 Å². The summed E-state index contributed by atoms with van der Waals surface area (Å²) in [5.41, 5.74) is 0. The highest BCUT2D eigenvalue weighted by molar-refractivity contribution is 7.47. The van der Waals surface area contributed by atoms with Crippen LogP contribution < -0.4 is 0 Å². The summed E-state index contributed by atoms with van der Waals surface area (Å²) in [7, 11) is 1.47. The molecule has 0 saturated carbocycles. The Bertz CT molecular complexity index is 1130. The van der Waals surface area contributed by atoms with Gasteiger partial charge in [-0.1, -0.05) is 179 Å². The number of ether oxygens (including phenoxy) is 2. The van der Waals surface area contributed by atoms with E-state index in [2.05, 4.69) is 50.3 Å². The van der Waals surface area contributed by atoms with Crippen LogP contribution in [0.3, 0.4) is 0 Å². The highest BCUT2D eigenvalue weighted by Gasteiger charge is 2.27. The molecular weight excluding hydrogens is 786 g/mol. The van der Waals surface area contributed by atoms with E-state index in [-0.39, 0.29) is 32.0 Å². The van der Waals surface area contributed by atoms with Gasteiger partial charge in [-0.05, 0) is 70.6 Å². The second-order valence-electron chi connectivity index (χ2n) is 18.2. The predicted molar refractivity (Wildman–Crippen MR) is 257 cm³/mol. The fourth-order valence-electron chi connectivity index (χ4n) is 6.92. The van der Waals surface area contributed by atoms with Gasteiger partial charge < -0.3 is 18.9 Å². The fourth-order valence-corrected chi connectivity index (χ4v) is 7.66. The largest absolute Gasteiger partial charge is 0.472 e. The minimum atomic E-state index is -4.38. The van der Waals surface area contributed by atoms with Crippen molar-refractivity contribution in [2.45, 2.75) is 232 Å². The molecule has 0 aromatic heterocycles. The number of phosphoric ester groups is 1. The first-order valence-corrected chi connectivity index (χ1v) is 26.7. The molecule has 9 nitrogen and oxygen atoms in total. The number of unbranched alkanes of at least 4 members (excludes halogenated alkanes) is 26. The second kappa shape index (κ2) is 43.5. The van der Waals surface area contributed by atoms with Crippen LogP contribution >= 0.6 is 7.82 Å². The molecule has 0 radical (unpaired) electrons. The monoisotopic (exact) mass is 883 g/mol. The Balaban J connectivity index is 4.27. The fraction of sp³-hybridized carbons (Fsp3) is 0.843. The smallest absolute Gasteiger partial charge is 0.462 e. The average molecular weight is 883 g/mol. The zero-order chi connectivity index (χ0) is 45.0. The van der Waals surface area contributed by atoms with E-state index in [4.69, 9.17) is 18.5 Å². The molecule has 0 rings (SSSR count). The lowest BCUT2D eigenvalue weighted by molar-refractivity contribution is -0.870. The summed E-state index contributed by atoms with van der Waals surface area (Å²) < 4.78 is 34.4. The first-order chi connectivity index (χ1) is 29.5. The van der Waals surface area contributed by atoms with Crippen LogP contribution in [-0.4, -0.2) is 74.9 Å². The number of quaternary nitrogens is 1. The minimum Gasteiger partial charge on any atom is -0.462 e. The van der Waals surface area contributed by atoms with Crippen molar-refractivity contribution >= 4 is 19.8 Å². The van der Waals surface area contributed by atoms with Gasteiger partial charge in [-0.3, -0.25) is 18.6 Å². The molecule has 0 amide bonds. The number of allylic oxidation sites excluding steroid dienone is 6. The highest BCUT2D eigenvalue weighted by atomic mass is 31.2. The number of nitrogens with zero attached hydrogens (tertiary/aromatic N) is 1. The summed E-state index contributed by atoms with van der Waals surface area (Å²) in [5.74, 6) is -0.802. The van der Waals surface area contributed by atoms with E-state index in [0.717, 1.165) is 51.4 Å². The molecule has 1 N–H and O–H groups in total. The van der Waals surface area contributed by atoms with Gasteiger partial charge in [-0.2, -0.15) is 0 Å². The molecule has 0 spiro atoms. The van der Waals surface area contributed by atoms with Gasteiger partial charge >= 0.3 is 19.8 Å². The molecule has 0 aromatic rings. The summed E-state index contributed by atoms with van der Waals surface area (Å²) in [6, 6.07) is 0. The van der Waals surface area contributed by atoms with E-state index < -0.39 is 26.5 Å². The van der Waals surface area contributed by atoms with E-state index >= 15 is 0 Å². The molecule has 2 unspecified atom stereocenters. The maximum absolute atomic E-state index is 12.7. The minimum absolute atomic E-state index is 0.0304. The number of rotatable bonds is 46. The van der Waals surface area contributed by atoms with Crippen molar-refractivity contribution in [1.29, 1.82) is 0 Å². The van der Waals surface area contributed by atoms with E-state index in [1.54, 1.807) is 0 Å². The van der Waals surface area contributed by atoms with Gasteiger partial charge in [0.2, 0.25) is 0 Å². The van der Waals surface area contributed by atoms with Gasteiger partial charge in [0.05, 0.1) is 27.7 Å². The first-order valence-electron chi connectivity index (χ1n) is 25.2. The number of esters is 2. The maximum atomic E-state index is 12.7. The number of carbonyl (C=O) groups excluding carboxylic acids is 2. The number of hydrogen-bond donors (Lipinski definition) is 1. The molecular formula is C51H97NO8P+. The van der Waals surface area contributed by atoms with E-state index in [0.29, 0.717) is 17.4 Å². The van der Waals surface area contributed by atoms with Crippen molar-refractivity contribution in [1.82, 2.24) is 0 Å². The van der Waals surface area contributed by atoms with Gasteiger partial charge in [-0.15, -0.1) is 0 Å². The van der Waals surface area contributed by atoms with Gasteiger partial charge in [0.1, 0.15) is 19.8 Å². The maximum Gasteiger partial charge on any atom is 0.472 e. The SMILES string of the molecule is CCCCC/C=C\C/C=C\CCCCCCCCCCCC(=O)OC(COC(=O)CCCCCCCCC/C=C\CCCCCCCCC)COP(=O)(O)OCC[N+](C)(C)C. The Hall–Kier alpha value is -1.77. The summed E-state index contributed by atoms with van der Waals surface area (Å²) in [5, 5.41) is 0. The lowest BCUT2D eigenvalue weighted by Gasteiger charge is -2.24. The highest BCUT2D eigenvalue weighted by Crippen LogP contribution is 2.43. The molecule has 10 heteroatoms. The first kappa shape index (κ1) is 59.2. The number of hydrogen-bond acceptors (Lipinski definition) is 7. The lowest BCUT2D eigenvalue weighted by atomic mass is 10.1. The Kier molecular flexibility index (Phi) is 42.2. The molecule has 0 aromatic carbocycles. The normalized spacial score (nSPS) is 13.7. The average Bonchev–Trinajstić information content (AvgIpc) is 3.21. The van der Waals surface area contributed by atoms with E-state index in [9.17, 15) is 19.0 Å². The van der Waals surface area contributed by atoms with Crippen LogP contribution in [0.1, 0.15) is 226 Å². The standard InChI is InChI=1S/C51H96NO8P/c1-6-8-10-12-14-16-18-20-22-24-26-28-30-32-34-36-38-40-42-44-51(54)60-49(48-59-61(55,56)58-46-45-52(3,4)5)47-57-50(53)43-41-39-37-35-33-31-29-27-25-23-21-19-17-15-13-11-9-7-2/h14,16,20,22-23,25,49H,6-13,15,17-19,21,24,26-48H2,1-5H3/p+1/b16-14-,22-20-,25-23-. The summed E-state index contributed by atoms with van der Waals surface area (Å²) in [6.07, 6.45) is 50.4. The zero-order valence-electron chi connectivity index (χ0n) is 40.4. The quantitative estimate of drug-likeness (QED) is 0.0212. The van der Waals surface area contributed by atoms with Gasteiger partial charge in [0.25, 0.3) is 0 Å². The number of carbonyl (C=O) groups is 2. The molecule has 0 bridgehead atoms. The van der Waals surface area contributed by atoms with Crippen LogP contribution in [-0.2, 0) is 32.7 Å². The number of phosphoric acid groups is 1. The Morgan fingerprint density at radius 2 is 0.885 bits per heavy atom. The number of likely N-dealkylation sites (N-methyl/N-ethyl adjacent to an activating group) is 1. The Morgan fingerprint density at radius 3 is 1.34 bits per heavy atom.